The highest BCUT2D eigenvalue weighted by Crippen LogP contribution is 2.46. The smallest absolute Gasteiger partial charge is 0.310 e. The largest absolute Gasteiger partial charge is 0.481 e. The summed E-state index contributed by atoms with van der Waals surface area (Å²) in [6.45, 7) is 4.42. The maximum absolute atomic E-state index is 11.6. The predicted octanol–water partition coefficient (Wildman–Crippen LogP) is 2.03. The molecule has 0 radical (unpaired) electrons. The van der Waals surface area contributed by atoms with E-state index >= 15 is 0 Å². The van der Waals surface area contributed by atoms with E-state index in [9.17, 15) is 9.90 Å². The molecule has 0 aromatic carbocycles. The molecule has 5 nitrogen and oxygen atoms in total. The van der Waals surface area contributed by atoms with E-state index in [1.807, 2.05) is 6.20 Å². The van der Waals surface area contributed by atoms with Crippen LogP contribution >= 0.6 is 0 Å². The summed E-state index contributed by atoms with van der Waals surface area (Å²) in [7, 11) is 1.80. The van der Waals surface area contributed by atoms with Gasteiger partial charge in [-0.3, -0.25) is 9.48 Å². The Balaban J connectivity index is 2.16. The van der Waals surface area contributed by atoms with Gasteiger partial charge in [-0.05, 0) is 31.1 Å². The van der Waals surface area contributed by atoms with Crippen molar-refractivity contribution in [3.05, 3.63) is 11.9 Å². The number of nitrogens with zero attached hydrogens (tertiary/aromatic N) is 3. The monoisotopic (exact) mass is 251 g/mol. The zero-order chi connectivity index (χ0) is 13.4. The second kappa shape index (κ2) is 4.37. The highest BCUT2D eigenvalue weighted by Gasteiger charge is 2.44. The van der Waals surface area contributed by atoms with Crippen molar-refractivity contribution in [3.63, 3.8) is 0 Å². The van der Waals surface area contributed by atoms with Crippen molar-refractivity contribution >= 4 is 5.97 Å². The van der Waals surface area contributed by atoms with Crippen LogP contribution in [0.15, 0.2) is 6.20 Å². The Hall–Kier alpha value is -1.39. The van der Waals surface area contributed by atoms with Crippen molar-refractivity contribution in [1.82, 2.24) is 15.0 Å². The zero-order valence-electron chi connectivity index (χ0n) is 11.3. The first-order valence-electron chi connectivity index (χ1n) is 6.42. The molecule has 0 bridgehead atoms. The van der Waals surface area contributed by atoms with E-state index in [0.717, 1.165) is 31.4 Å². The summed E-state index contributed by atoms with van der Waals surface area (Å²) in [5.41, 5.74) is 0.395. The van der Waals surface area contributed by atoms with E-state index < -0.39 is 11.4 Å². The fourth-order valence-electron chi connectivity index (χ4n) is 2.69. The molecule has 1 aliphatic rings. The third kappa shape index (κ3) is 2.54. The lowest BCUT2D eigenvalue weighted by atomic mass is 9.63. The van der Waals surface area contributed by atoms with Crippen LogP contribution in [-0.2, 0) is 18.3 Å². The van der Waals surface area contributed by atoms with Gasteiger partial charge in [-0.25, -0.2) is 0 Å². The van der Waals surface area contributed by atoms with Crippen molar-refractivity contribution in [2.45, 2.75) is 46.0 Å². The average molecular weight is 251 g/mol. The van der Waals surface area contributed by atoms with Crippen LogP contribution in [0.2, 0.25) is 0 Å². The first-order valence-corrected chi connectivity index (χ1v) is 6.42. The number of carboxylic acid groups (broad SMARTS) is 1. The number of rotatable bonds is 3. The lowest BCUT2D eigenvalue weighted by molar-refractivity contribution is -0.152. The molecule has 1 aliphatic carbocycles. The van der Waals surface area contributed by atoms with Crippen LogP contribution in [0.4, 0.5) is 0 Å². The minimum absolute atomic E-state index is 0.265. The van der Waals surface area contributed by atoms with Gasteiger partial charge in [0.05, 0.1) is 11.1 Å². The maximum atomic E-state index is 11.6. The Kier molecular flexibility index (Phi) is 3.17. The molecule has 5 heteroatoms. The molecule has 1 aromatic heterocycles. The van der Waals surface area contributed by atoms with Crippen LogP contribution in [0.25, 0.3) is 0 Å². The van der Waals surface area contributed by atoms with Gasteiger partial charge in [0.15, 0.2) is 0 Å². The molecule has 1 heterocycles. The Morgan fingerprint density at radius 2 is 2.00 bits per heavy atom. The quantitative estimate of drug-likeness (QED) is 0.892. The summed E-state index contributed by atoms with van der Waals surface area (Å²) in [4.78, 5) is 11.6. The molecule has 100 valence electrons. The van der Waals surface area contributed by atoms with Gasteiger partial charge in [-0.1, -0.05) is 19.1 Å². The molecule has 1 fully saturated rings. The lowest BCUT2D eigenvalue weighted by Crippen LogP contribution is -2.39. The standard InChI is InChI=1S/C13H21N3O2/c1-12(2)4-6-13(7-5-12,11(17)18)8-10-9-16(3)15-14-10/h9H,4-8H2,1-3H3,(H,17,18). The zero-order valence-corrected chi connectivity index (χ0v) is 11.3. The minimum Gasteiger partial charge on any atom is -0.481 e. The number of carbonyl (C=O) groups is 1. The maximum Gasteiger partial charge on any atom is 0.310 e. The van der Waals surface area contributed by atoms with Crippen molar-refractivity contribution in [3.8, 4) is 0 Å². The number of hydrogen-bond donors (Lipinski definition) is 1. The molecule has 0 amide bonds. The third-order valence-corrected chi connectivity index (χ3v) is 4.18. The van der Waals surface area contributed by atoms with E-state index in [2.05, 4.69) is 24.2 Å². The Morgan fingerprint density at radius 3 is 2.44 bits per heavy atom. The third-order valence-electron chi connectivity index (χ3n) is 4.18. The van der Waals surface area contributed by atoms with Crippen molar-refractivity contribution in [2.75, 3.05) is 0 Å². The van der Waals surface area contributed by atoms with E-state index in [4.69, 9.17) is 0 Å². The van der Waals surface area contributed by atoms with Crippen molar-refractivity contribution in [2.24, 2.45) is 17.9 Å². The summed E-state index contributed by atoms with van der Waals surface area (Å²) < 4.78 is 1.62. The highest BCUT2D eigenvalue weighted by atomic mass is 16.4. The van der Waals surface area contributed by atoms with E-state index in [1.165, 1.54) is 0 Å². The van der Waals surface area contributed by atoms with E-state index in [1.54, 1.807) is 11.7 Å². The molecule has 1 saturated carbocycles. The molecule has 0 unspecified atom stereocenters. The second-order valence-electron chi connectivity index (χ2n) is 6.31. The highest BCUT2D eigenvalue weighted by molar-refractivity contribution is 5.75. The summed E-state index contributed by atoms with van der Waals surface area (Å²) in [5.74, 6) is -0.691. The Labute approximate surface area is 107 Å². The average Bonchev–Trinajstić information content (AvgIpc) is 2.67. The normalized spacial score (nSPS) is 21.7. The minimum atomic E-state index is -0.691. The second-order valence-corrected chi connectivity index (χ2v) is 6.31. The van der Waals surface area contributed by atoms with Gasteiger partial charge < -0.3 is 5.11 Å². The lowest BCUT2D eigenvalue weighted by Gasteiger charge is -2.40. The van der Waals surface area contributed by atoms with Crippen molar-refractivity contribution in [1.29, 1.82) is 0 Å². The van der Waals surface area contributed by atoms with Gasteiger partial charge >= 0.3 is 5.97 Å². The Bertz CT molecular complexity index is 441. The van der Waals surface area contributed by atoms with Gasteiger partial charge in [-0.2, -0.15) is 0 Å². The van der Waals surface area contributed by atoms with Crippen LogP contribution in [0.5, 0.6) is 0 Å². The molecular weight excluding hydrogens is 230 g/mol. The van der Waals surface area contributed by atoms with Crippen LogP contribution in [0.1, 0.15) is 45.2 Å². The molecule has 1 N–H and O–H groups in total. The van der Waals surface area contributed by atoms with Gasteiger partial charge in [0.2, 0.25) is 0 Å². The van der Waals surface area contributed by atoms with Crippen LogP contribution in [0.3, 0.4) is 0 Å². The van der Waals surface area contributed by atoms with E-state index in [-0.39, 0.29) is 5.41 Å². The number of carboxylic acids is 1. The summed E-state index contributed by atoms with van der Waals surface area (Å²) in [6, 6.07) is 0. The first kappa shape index (κ1) is 13.1. The number of aliphatic carboxylic acids is 1. The molecule has 0 aliphatic heterocycles. The molecule has 0 atom stereocenters. The molecule has 2 rings (SSSR count). The fourth-order valence-corrected chi connectivity index (χ4v) is 2.69. The van der Waals surface area contributed by atoms with Crippen LogP contribution < -0.4 is 0 Å². The molecule has 18 heavy (non-hydrogen) atoms. The van der Waals surface area contributed by atoms with Crippen molar-refractivity contribution < 1.29 is 9.90 Å². The van der Waals surface area contributed by atoms with E-state index in [0.29, 0.717) is 6.42 Å². The van der Waals surface area contributed by atoms with Gasteiger partial charge in [-0.15, -0.1) is 5.10 Å². The predicted molar refractivity (Wildman–Crippen MR) is 67.0 cm³/mol. The fraction of sp³-hybridized carbons (Fsp3) is 0.769. The van der Waals surface area contributed by atoms with Gasteiger partial charge in [0.1, 0.15) is 0 Å². The summed E-state index contributed by atoms with van der Waals surface area (Å²) in [5, 5.41) is 17.5. The number of hydrogen-bond acceptors (Lipinski definition) is 3. The van der Waals surface area contributed by atoms with Crippen LogP contribution in [0, 0.1) is 10.8 Å². The topological polar surface area (TPSA) is 68.0 Å². The molecule has 1 aromatic rings. The Morgan fingerprint density at radius 1 is 1.39 bits per heavy atom. The summed E-state index contributed by atoms with van der Waals surface area (Å²) in [6.07, 6.45) is 5.67. The first-order chi connectivity index (χ1) is 8.33. The number of aromatic nitrogens is 3. The molecular formula is C13H21N3O2. The molecule has 0 saturated heterocycles. The van der Waals surface area contributed by atoms with Gasteiger partial charge in [0.25, 0.3) is 0 Å². The molecule has 0 spiro atoms. The summed E-state index contributed by atoms with van der Waals surface area (Å²) >= 11 is 0. The number of aryl methyl sites for hydroxylation is 1. The van der Waals surface area contributed by atoms with Gasteiger partial charge in [0, 0.05) is 19.7 Å². The van der Waals surface area contributed by atoms with Crippen LogP contribution in [-0.4, -0.2) is 26.1 Å². The SMILES string of the molecule is Cn1cc(CC2(C(=O)O)CCC(C)(C)CC2)nn1.